The van der Waals surface area contributed by atoms with E-state index in [9.17, 15) is 0 Å². The maximum absolute atomic E-state index is 5.52. The van der Waals surface area contributed by atoms with Crippen molar-refractivity contribution in [2.24, 2.45) is 0 Å². The first-order valence-electron chi connectivity index (χ1n) is 9.38. The highest BCUT2D eigenvalue weighted by molar-refractivity contribution is 5.85. The van der Waals surface area contributed by atoms with Crippen molar-refractivity contribution in [2.75, 3.05) is 26.7 Å². The van der Waals surface area contributed by atoms with Crippen molar-refractivity contribution < 1.29 is 4.52 Å². The first-order valence-corrected chi connectivity index (χ1v) is 9.38. The highest BCUT2D eigenvalue weighted by Gasteiger charge is 2.25. The zero-order chi connectivity index (χ0) is 18.9. The smallest absolute Gasteiger partial charge is 0.259 e. The predicted molar refractivity (Wildman–Crippen MR) is 112 cm³/mol. The molecule has 1 atom stereocenters. The summed E-state index contributed by atoms with van der Waals surface area (Å²) in [6.07, 6.45) is 3.59. The lowest BCUT2D eigenvalue weighted by Crippen LogP contribution is -2.44. The molecule has 4 heterocycles. The number of fused-ring (bicyclic) bond motifs is 1. The standard InChI is InChI=1S/C20H21N7O.ClH/c1-26-8-7-21-12-17(26)18-24-20(28-25-18)16-9-15-11-23-27(19(15)22-10-16)13-14-5-3-2-4-6-14;/h2-6,9-11,17,21H,7-8,12-13H2,1H3;1H. The normalized spacial score (nSPS) is 17.3. The number of hydrogen-bond donors (Lipinski definition) is 1. The van der Waals surface area contributed by atoms with Gasteiger partial charge in [0.2, 0.25) is 0 Å². The van der Waals surface area contributed by atoms with Gasteiger partial charge in [-0.3, -0.25) is 4.90 Å². The summed E-state index contributed by atoms with van der Waals surface area (Å²) in [5, 5.41) is 13.0. The monoisotopic (exact) mass is 411 g/mol. The first kappa shape index (κ1) is 19.5. The van der Waals surface area contributed by atoms with E-state index in [0.29, 0.717) is 18.3 Å². The fourth-order valence-corrected chi connectivity index (χ4v) is 3.54. The number of likely N-dealkylation sites (N-methyl/N-ethyl adjacent to an activating group) is 1. The molecule has 1 aromatic carbocycles. The molecule has 0 bridgehead atoms. The van der Waals surface area contributed by atoms with E-state index >= 15 is 0 Å². The molecule has 1 aliphatic rings. The van der Waals surface area contributed by atoms with Crippen LogP contribution in [0.25, 0.3) is 22.5 Å². The highest BCUT2D eigenvalue weighted by Crippen LogP contribution is 2.24. The molecule has 0 aliphatic carbocycles. The van der Waals surface area contributed by atoms with Gasteiger partial charge in [0, 0.05) is 31.2 Å². The van der Waals surface area contributed by atoms with Gasteiger partial charge in [-0.05, 0) is 18.7 Å². The number of rotatable bonds is 4. The molecule has 9 heteroatoms. The van der Waals surface area contributed by atoms with Crippen LogP contribution in [0.3, 0.4) is 0 Å². The van der Waals surface area contributed by atoms with E-state index in [0.717, 1.165) is 36.2 Å². The molecule has 150 valence electrons. The molecule has 4 aromatic rings. The number of piperazine rings is 1. The molecule has 1 fully saturated rings. The van der Waals surface area contributed by atoms with Crippen molar-refractivity contribution in [1.82, 2.24) is 35.1 Å². The largest absolute Gasteiger partial charge is 0.334 e. The van der Waals surface area contributed by atoms with Gasteiger partial charge in [-0.2, -0.15) is 10.1 Å². The maximum Gasteiger partial charge on any atom is 0.259 e. The lowest BCUT2D eigenvalue weighted by Gasteiger charge is -2.30. The lowest BCUT2D eigenvalue weighted by atomic mass is 10.2. The number of aromatic nitrogens is 5. The number of nitrogens with one attached hydrogen (secondary N) is 1. The predicted octanol–water partition coefficient (Wildman–Crippen LogP) is 2.53. The van der Waals surface area contributed by atoms with E-state index in [-0.39, 0.29) is 18.4 Å². The Bertz CT molecular complexity index is 1090. The molecular formula is C20H22ClN7O. The van der Waals surface area contributed by atoms with E-state index in [4.69, 9.17) is 4.52 Å². The van der Waals surface area contributed by atoms with Gasteiger partial charge in [0.05, 0.1) is 24.3 Å². The van der Waals surface area contributed by atoms with Crippen LogP contribution < -0.4 is 5.32 Å². The van der Waals surface area contributed by atoms with Crippen molar-refractivity contribution in [2.45, 2.75) is 12.6 Å². The average Bonchev–Trinajstić information content (AvgIpc) is 3.37. The molecule has 29 heavy (non-hydrogen) atoms. The van der Waals surface area contributed by atoms with Crippen LogP contribution in [0.1, 0.15) is 17.4 Å². The Morgan fingerprint density at radius 1 is 1.21 bits per heavy atom. The van der Waals surface area contributed by atoms with Crippen LogP contribution in [-0.2, 0) is 6.54 Å². The highest BCUT2D eigenvalue weighted by atomic mass is 35.5. The third-order valence-corrected chi connectivity index (χ3v) is 5.15. The number of halogens is 1. The van der Waals surface area contributed by atoms with Gasteiger partial charge in [0.1, 0.15) is 0 Å². The van der Waals surface area contributed by atoms with Crippen LogP contribution in [0.5, 0.6) is 0 Å². The summed E-state index contributed by atoms with van der Waals surface area (Å²) in [5.74, 6) is 1.18. The van der Waals surface area contributed by atoms with Gasteiger partial charge < -0.3 is 9.84 Å². The zero-order valence-corrected chi connectivity index (χ0v) is 16.8. The second-order valence-corrected chi connectivity index (χ2v) is 7.08. The lowest BCUT2D eigenvalue weighted by molar-refractivity contribution is 0.190. The summed E-state index contributed by atoms with van der Waals surface area (Å²) in [7, 11) is 2.08. The van der Waals surface area contributed by atoms with Crippen LogP contribution in [0.15, 0.2) is 53.3 Å². The number of hydrogen-bond acceptors (Lipinski definition) is 7. The van der Waals surface area contributed by atoms with Crippen molar-refractivity contribution in [3.8, 4) is 11.5 Å². The fourth-order valence-electron chi connectivity index (χ4n) is 3.54. The van der Waals surface area contributed by atoms with Gasteiger partial charge in [-0.15, -0.1) is 12.4 Å². The van der Waals surface area contributed by atoms with E-state index in [2.05, 4.69) is 49.6 Å². The third kappa shape index (κ3) is 3.87. The number of benzene rings is 1. The number of nitrogens with zero attached hydrogens (tertiary/aromatic N) is 6. The van der Waals surface area contributed by atoms with Gasteiger partial charge in [0.25, 0.3) is 5.89 Å². The maximum atomic E-state index is 5.52. The van der Waals surface area contributed by atoms with Gasteiger partial charge in [-0.25, -0.2) is 9.67 Å². The molecule has 0 saturated carbocycles. The number of pyridine rings is 1. The molecule has 8 nitrogen and oxygen atoms in total. The molecular weight excluding hydrogens is 390 g/mol. The third-order valence-electron chi connectivity index (χ3n) is 5.15. The summed E-state index contributed by atoms with van der Waals surface area (Å²) in [4.78, 5) is 11.4. The molecule has 1 saturated heterocycles. The zero-order valence-electron chi connectivity index (χ0n) is 16.0. The molecule has 0 spiro atoms. The molecule has 1 unspecified atom stereocenters. The topological polar surface area (TPSA) is 84.9 Å². The Balaban J connectivity index is 0.00000205. The van der Waals surface area contributed by atoms with Crippen LogP contribution in [0.2, 0.25) is 0 Å². The summed E-state index contributed by atoms with van der Waals surface area (Å²) >= 11 is 0. The van der Waals surface area contributed by atoms with Gasteiger partial charge >= 0.3 is 0 Å². The van der Waals surface area contributed by atoms with Crippen LogP contribution in [-0.4, -0.2) is 56.5 Å². The van der Waals surface area contributed by atoms with Crippen LogP contribution >= 0.6 is 12.4 Å². The molecule has 5 rings (SSSR count). The second kappa shape index (κ2) is 8.28. The quantitative estimate of drug-likeness (QED) is 0.552. The Kier molecular flexibility index (Phi) is 5.57. The van der Waals surface area contributed by atoms with E-state index in [1.54, 1.807) is 6.20 Å². The van der Waals surface area contributed by atoms with Gasteiger partial charge in [-0.1, -0.05) is 35.5 Å². The molecule has 1 aliphatic heterocycles. The Morgan fingerprint density at radius 2 is 2.07 bits per heavy atom. The minimum absolute atomic E-state index is 0. The van der Waals surface area contributed by atoms with Crippen molar-refractivity contribution in [3.63, 3.8) is 0 Å². The Hall–Kier alpha value is -2.81. The average molecular weight is 412 g/mol. The molecule has 3 aromatic heterocycles. The minimum Gasteiger partial charge on any atom is -0.334 e. The Labute approximate surface area is 174 Å². The van der Waals surface area contributed by atoms with Crippen molar-refractivity contribution >= 4 is 23.4 Å². The van der Waals surface area contributed by atoms with Crippen LogP contribution in [0.4, 0.5) is 0 Å². The van der Waals surface area contributed by atoms with E-state index in [1.807, 2.05) is 35.1 Å². The molecule has 1 N–H and O–H groups in total. The SMILES string of the molecule is CN1CCNCC1c1noc(-c2cnc3c(cnn3Cc3ccccc3)c2)n1.Cl. The van der Waals surface area contributed by atoms with Crippen molar-refractivity contribution in [1.29, 1.82) is 0 Å². The van der Waals surface area contributed by atoms with Crippen LogP contribution in [0, 0.1) is 0 Å². The summed E-state index contributed by atoms with van der Waals surface area (Å²) in [6.45, 7) is 3.44. The molecule has 0 radical (unpaired) electrons. The summed E-state index contributed by atoms with van der Waals surface area (Å²) in [6, 6.07) is 12.3. The fraction of sp³-hybridized carbons (Fsp3) is 0.300. The summed E-state index contributed by atoms with van der Waals surface area (Å²) < 4.78 is 7.42. The first-order chi connectivity index (χ1) is 13.8. The van der Waals surface area contributed by atoms with Gasteiger partial charge in [0.15, 0.2) is 11.5 Å². The second-order valence-electron chi connectivity index (χ2n) is 7.08. The minimum atomic E-state index is 0. The van der Waals surface area contributed by atoms with E-state index < -0.39 is 0 Å². The Morgan fingerprint density at radius 3 is 2.90 bits per heavy atom. The van der Waals surface area contributed by atoms with Crippen molar-refractivity contribution in [3.05, 3.63) is 60.2 Å². The summed E-state index contributed by atoms with van der Waals surface area (Å²) in [5.41, 5.74) is 2.82. The molecule has 0 amide bonds. The van der Waals surface area contributed by atoms with E-state index in [1.165, 1.54) is 5.56 Å².